The van der Waals surface area contributed by atoms with Gasteiger partial charge in [0.1, 0.15) is 11.5 Å². The van der Waals surface area contributed by atoms with Gasteiger partial charge >= 0.3 is 0 Å². The van der Waals surface area contributed by atoms with E-state index >= 15 is 0 Å². The smallest absolute Gasteiger partial charge is 0.233 e. The molecule has 0 saturated carbocycles. The number of methoxy groups -OCH3 is 1. The van der Waals surface area contributed by atoms with Crippen LogP contribution in [0.3, 0.4) is 0 Å². The molecule has 2 aromatic rings. The monoisotopic (exact) mass is 357 g/mol. The molecule has 1 aromatic carbocycles. The van der Waals surface area contributed by atoms with Crippen LogP contribution >= 0.6 is 31.9 Å². The van der Waals surface area contributed by atoms with E-state index in [4.69, 9.17) is 9.47 Å². The molecule has 0 atom stereocenters. The molecular formula is C12H9Br2NO2. The minimum Gasteiger partial charge on any atom is -0.497 e. The van der Waals surface area contributed by atoms with Gasteiger partial charge < -0.3 is 9.47 Å². The Morgan fingerprint density at radius 1 is 1.12 bits per heavy atom. The molecule has 2 rings (SSSR count). The molecule has 1 aromatic heterocycles. The van der Waals surface area contributed by atoms with E-state index in [1.165, 1.54) is 0 Å². The summed E-state index contributed by atoms with van der Waals surface area (Å²) in [6, 6.07) is 9.25. The zero-order valence-corrected chi connectivity index (χ0v) is 12.2. The largest absolute Gasteiger partial charge is 0.497 e. The lowest BCUT2D eigenvalue weighted by Crippen LogP contribution is -1.90. The van der Waals surface area contributed by atoms with Gasteiger partial charge in [-0.25, -0.2) is 4.98 Å². The molecule has 0 amide bonds. The fraction of sp³-hybridized carbons (Fsp3) is 0.0833. The number of benzene rings is 1. The molecule has 88 valence electrons. The van der Waals surface area contributed by atoms with E-state index in [9.17, 15) is 0 Å². The summed E-state index contributed by atoms with van der Waals surface area (Å²) in [5, 5.41) is 0. The Morgan fingerprint density at radius 3 is 2.59 bits per heavy atom. The first-order valence-corrected chi connectivity index (χ1v) is 6.40. The van der Waals surface area contributed by atoms with Crippen LogP contribution in [0, 0.1) is 0 Å². The van der Waals surface area contributed by atoms with Crippen LogP contribution in [0.2, 0.25) is 0 Å². The molecular weight excluding hydrogens is 350 g/mol. The first kappa shape index (κ1) is 12.4. The van der Waals surface area contributed by atoms with E-state index in [-0.39, 0.29) is 0 Å². The van der Waals surface area contributed by atoms with Crippen molar-refractivity contribution < 1.29 is 9.47 Å². The molecule has 0 aliphatic carbocycles. The van der Waals surface area contributed by atoms with Crippen LogP contribution in [0.15, 0.2) is 45.5 Å². The summed E-state index contributed by atoms with van der Waals surface area (Å²) in [4.78, 5) is 4.17. The van der Waals surface area contributed by atoms with E-state index in [2.05, 4.69) is 36.8 Å². The second-order valence-corrected chi connectivity index (χ2v) is 4.99. The molecule has 0 aliphatic heterocycles. The SMILES string of the molecule is COc1cccc(Oc2ncc(Br)cc2Br)c1. The number of ether oxygens (including phenoxy) is 2. The molecule has 0 N–H and O–H groups in total. The van der Waals surface area contributed by atoms with E-state index in [0.29, 0.717) is 11.6 Å². The van der Waals surface area contributed by atoms with Gasteiger partial charge in [0, 0.05) is 16.7 Å². The number of nitrogens with zero attached hydrogens (tertiary/aromatic N) is 1. The van der Waals surface area contributed by atoms with Crippen molar-refractivity contribution in [3.63, 3.8) is 0 Å². The van der Waals surface area contributed by atoms with Crippen molar-refractivity contribution in [3.05, 3.63) is 45.5 Å². The van der Waals surface area contributed by atoms with Crippen LogP contribution in [-0.2, 0) is 0 Å². The highest BCUT2D eigenvalue weighted by Gasteiger charge is 2.05. The van der Waals surface area contributed by atoms with Crippen molar-refractivity contribution in [1.82, 2.24) is 4.98 Å². The minimum atomic E-state index is 0.515. The van der Waals surface area contributed by atoms with Crippen molar-refractivity contribution in [2.24, 2.45) is 0 Å². The zero-order chi connectivity index (χ0) is 12.3. The normalized spacial score (nSPS) is 10.1. The Kier molecular flexibility index (Phi) is 4.02. The average Bonchev–Trinajstić information content (AvgIpc) is 2.33. The topological polar surface area (TPSA) is 31.4 Å². The van der Waals surface area contributed by atoms with Gasteiger partial charge in [0.15, 0.2) is 0 Å². The summed E-state index contributed by atoms with van der Waals surface area (Å²) >= 11 is 6.73. The molecule has 3 nitrogen and oxygen atoms in total. The second kappa shape index (κ2) is 5.51. The van der Waals surface area contributed by atoms with E-state index in [1.54, 1.807) is 19.4 Å². The van der Waals surface area contributed by atoms with Gasteiger partial charge in [-0.05, 0) is 50.1 Å². The average molecular weight is 359 g/mol. The van der Waals surface area contributed by atoms with Crippen molar-refractivity contribution in [2.45, 2.75) is 0 Å². The fourth-order valence-corrected chi connectivity index (χ4v) is 2.32. The summed E-state index contributed by atoms with van der Waals surface area (Å²) in [6.07, 6.45) is 1.68. The number of pyridine rings is 1. The van der Waals surface area contributed by atoms with E-state index < -0.39 is 0 Å². The Bertz CT molecular complexity index is 532. The summed E-state index contributed by atoms with van der Waals surface area (Å²) in [6.45, 7) is 0. The third-order valence-corrected chi connectivity index (χ3v) is 3.03. The van der Waals surface area contributed by atoms with Crippen LogP contribution in [0.4, 0.5) is 0 Å². The standard InChI is InChI=1S/C12H9Br2NO2/c1-16-9-3-2-4-10(6-9)17-12-11(14)5-8(13)7-15-12/h2-7H,1H3. The van der Waals surface area contributed by atoms with Gasteiger partial charge in [-0.2, -0.15) is 0 Å². The minimum absolute atomic E-state index is 0.515. The lowest BCUT2D eigenvalue weighted by Gasteiger charge is -2.07. The van der Waals surface area contributed by atoms with Gasteiger partial charge in [-0.3, -0.25) is 0 Å². The van der Waals surface area contributed by atoms with E-state index in [1.807, 2.05) is 24.3 Å². The van der Waals surface area contributed by atoms with Crippen LogP contribution < -0.4 is 9.47 Å². The molecule has 0 saturated heterocycles. The highest BCUT2D eigenvalue weighted by Crippen LogP contribution is 2.30. The third-order valence-electron chi connectivity index (χ3n) is 2.03. The van der Waals surface area contributed by atoms with E-state index in [0.717, 1.165) is 14.7 Å². The van der Waals surface area contributed by atoms with Crippen molar-refractivity contribution in [2.75, 3.05) is 7.11 Å². The van der Waals surface area contributed by atoms with Crippen molar-refractivity contribution in [3.8, 4) is 17.4 Å². The molecule has 0 bridgehead atoms. The molecule has 17 heavy (non-hydrogen) atoms. The summed E-state index contributed by atoms with van der Waals surface area (Å²) in [7, 11) is 1.62. The molecule has 0 radical (unpaired) electrons. The number of aromatic nitrogens is 1. The van der Waals surface area contributed by atoms with Crippen LogP contribution in [0.25, 0.3) is 0 Å². The molecule has 0 aliphatic rings. The van der Waals surface area contributed by atoms with Crippen LogP contribution in [0.1, 0.15) is 0 Å². The molecule has 0 spiro atoms. The first-order valence-electron chi connectivity index (χ1n) is 4.82. The maximum Gasteiger partial charge on any atom is 0.233 e. The van der Waals surface area contributed by atoms with Gasteiger partial charge in [0.05, 0.1) is 11.6 Å². The zero-order valence-electron chi connectivity index (χ0n) is 8.98. The van der Waals surface area contributed by atoms with Crippen LogP contribution in [-0.4, -0.2) is 12.1 Å². The molecule has 0 fully saturated rings. The highest BCUT2D eigenvalue weighted by molar-refractivity contribution is 9.11. The number of rotatable bonds is 3. The lowest BCUT2D eigenvalue weighted by atomic mass is 10.3. The highest BCUT2D eigenvalue weighted by atomic mass is 79.9. The third kappa shape index (κ3) is 3.20. The Morgan fingerprint density at radius 2 is 1.88 bits per heavy atom. The Balaban J connectivity index is 2.25. The van der Waals surface area contributed by atoms with Gasteiger partial charge in [-0.15, -0.1) is 0 Å². The second-order valence-electron chi connectivity index (χ2n) is 3.22. The van der Waals surface area contributed by atoms with Gasteiger partial charge in [0.2, 0.25) is 5.88 Å². The number of hydrogen-bond acceptors (Lipinski definition) is 3. The predicted molar refractivity (Wildman–Crippen MR) is 72.7 cm³/mol. The van der Waals surface area contributed by atoms with Crippen LogP contribution in [0.5, 0.6) is 17.4 Å². The summed E-state index contributed by atoms with van der Waals surface area (Å²) in [5.74, 6) is 1.94. The van der Waals surface area contributed by atoms with Gasteiger partial charge in [-0.1, -0.05) is 6.07 Å². The quantitative estimate of drug-likeness (QED) is 0.814. The lowest BCUT2D eigenvalue weighted by molar-refractivity contribution is 0.407. The first-order chi connectivity index (χ1) is 8.19. The summed E-state index contributed by atoms with van der Waals surface area (Å²) in [5.41, 5.74) is 0. The fourth-order valence-electron chi connectivity index (χ4n) is 1.25. The van der Waals surface area contributed by atoms with Gasteiger partial charge in [0.25, 0.3) is 0 Å². The number of halogens is 2. The predicted octanol–water partition coefficient (Wildman–Crippen LogP) is 4.41. The Hall–Kier alpha value is -1.07. The molecule has 1 heterocycles. The molecule has 0 unspecified atom stereocenters. The Labute approximate surface area is 116 Å². The maximum absolute atomic E-state index is 5.65. The number of hydrogen-bond donors (Lipinski definition) is 0. The molecule has 5 heteroatoms. The van der Waals surface area contributed by atoms with Crippen molar-refractivity contribution >= 4 is 31.9 Å². The summed E-state index contributed by atoms with van der Waals surface area (Å²) < 4.78 is 12.4. The van der Waals surface area contributed by atoms with Crippen molar-refractivity contribution in [1.29, 1.82) is 0 Å². The maximum atomic E-state index is 5.65.